The maximum absolute atomic E-state index is 12.5. The highest BCUT2D eigenvalue weighted by Crippen LogP contribution is 2.58. The minimum Gasteiger partial charge on any atom is -0.479 e. The van der Waals surface area contributed by atoms with Crippen molar-refractivity contribution in [1.82, 2.24) is 4.90 Å². The van der Waals surface area contributed by atoms with Crippen LogP contribution in [0.15, 0.2) is 30.3 Å². The topological polar surface area (TPSA) is 66.8 Å². The van der Waals surface area contributed by atoms with Crippen LogP contribution < -0.4 is 0 Å². The molecule has 2 fully saturated rings. The first-order valence-electron chi connectivity index (χ1n) is 7.31. The molecule has 0 spiro atoms. The highest BCUT2D eigenvalue weighted by molar-refractivity contribution is 9.09. The van der Waals surface area contributed by atoms with Gasteiger partial charge >= 0.3 is 5.97 Å². The van der Waals surface area contributed by atoms with Crippen molar-refractivity contribution in [2.45, 2.75) is 42.0 Å². The van der Waals surface area contributed by atoms with E-state index >= 15 is 0 Å². The Balaban J connectivity index is 2.01. The summed E-state index contributed by atoms with van der Waals surface area (Å²) < 4.78 is 4.81. The summed E-state index contributed by atoms with van der Waals surface area (Å²) in [6, 6.07) is 9.45. The van der Waals surface area contributed by atoms with E-state index in [-0.39, 0.29) is 23.2 Å². The van der Waals surface area contributed by atoms with E-state index in [0.29, 0.717) is 0 Å². The van der Waals surface area contributed by atoms with E-state index in [4.69, 9.17) is 4.74 Å². The molecule has 0 aromatic heterocycles. The first kappa shape index (κ1) is 16.8. The van der Waals surface area contributed by atoms with Gasteiger partial charge in [0.2, 0.25) is 0 Å². The number of carboxylic acids is 1. The lowest BCUT2D eigenvalue weighted by Gasteiger charge is -2.49. The highest BCUT2D eigenvalue weighted by atomic mass is 79.9. The summed E-state index contributed by atoms with van der Waals surface area (Å²) in [7, 11) is 0. The number of carbonyl (C=O) groups excluding carboxylic acids is 1. The van der Waals surface area contributed by atoms with Crippen molar-refractivity contribution in [2.75, 3.05) is 5.52 Å². The maximum Gasteiger partial charge on any atom is 0.331 e. The van der Waals surface area contributed by atoms with Crippen LogP contribution >= 0.6 is 27.7 Å². The molecule has 2 saturated heterocycles. The maximum atomic E-state index is 12.5. The average molecular weight is 400 g/mol. The van der Waals surface area contributed by atoms with Crippen molar-refractivity contribution in [3.05, 3.63) is 35.9 Å². The number of fused-ring (bicyclic) bond motifs is 1. The van der Waals surface area contributed by atoms with Crippen LogP contribution in [0.1, 0.15) is 19.4 Å². The van der Waals surface area contributed by atoms with E-state index in [1.54, 1.807) is 0 Å². The molecular weight excluding hydrogens is 382 g/mol. The third-order valence-electron chi connectivity index (χ3n) is 4.72. The summed E-state index contributed by atoms with van der Waals surface area (Å²) in [6.07, 6.45) is -0.289. The number of halogens is 1. The number of benzene rings is 1. The molecule has 2 heterocycles. The standard InChI is InChI=1S/C16H18BrNO4S/c1-15(2)16(14(20)21,8-10-6-4-3-5-7-10)18-12(19)11(22-9-17)13(18)23-15/h3-7,11,13H,8-9H2,1-2H3,(H,20,21)/t11-,13-,16+/m1/s1. The molecule has 0 unspecified atom stereocenters. The van der Waals surface area contributed by atoms with Crippen LogP contribution in [0.3, 0.4) is 0 Å². The van der Waals surface area contributed by atoms with Gasteiger partial charge in [-0.15, -0.1) is 11.8 Å². The quantitative estimate of drug-likeness (QED) is 0.608. The number of aliphatic carboxylic acids is 1. The predicted molar refractivity (Wildman–Crippen MR) is 91.5 cm³/mol. The zero-order valence-corrected chi connectivity index (χ0v) is 15.3. The van der Waals surface area contributed by atoms with E-state index in [2.05, 4.69) is 15.9 Å². The summed E-state index contributed by atoms with van der Waals surface area (Å²) in [6.45, 7) is 3.79. The molecule has 3 atom stereocenters. The number of thioether (sulfide) groups is 1. The average Bonchev–Trinajstić information content (AvgIpc) is 2.72. The van der Waals surface area contributed by atoms with Crippen molar-refractivity contribution in [3.63, 3.8) is 0 Å². The van der Waals surface area contributed by atoms with Gasteiger partial charge < -0.3 is 14.7 Å². The predicted octanol–water partition coefficient (Wildman–Crippen LogP) is 2.48. The van der Waals surface area contributed by atoms with Gasteiger partial charge in [-0.1, -0.05) is 46.3 Å². The normalized spacial score (nSPS) is 31.6. The van der Waals surface area contributed by atoms with Crippen LogP contribution in [0.25, 0.3) is 0 Å². The molecule has 1 aromatic carbocycles. The largest absolute Gasteiger partial charge is 0.479 e. The van der Waals surface area contributed by atoms with Gasteiger partial charge in [-0.25, -0.2) is 4.79 Å². The molecule has 3 rings (SSSR count). The van der Waals surface area contributed by atoms with Crippen molar-refractivity contribution in [3.8, 4) is 0 Å². The molecule has 7 heteroatoms. The number of β-lactam (4-membered cyclic amide) rings is 1. The molecule has 23 heavy (non-hydrogen) atoms. The molecule has 0 radical (unpaired) electrons. The Hall–Kier alpha value is -1.05. The second kappa shape index (κ2) is 5.79. The number of alkyl halides is 1. The lowest BCUT2D eigenvalue weighted by molar-refractivity contribution is -0.183. The molecule has 0 aliphatic carbocycles. The third-order valence-corrected chi connectivity index (χ3v) is 6.61. The lowest BCUT2D eigenvalue weighted by Crippen LogP contribution is -2.73. The number of carboxylic acid groups (broad SMARTS) is 1. The number of carbonyl (C=O) groups is 2. The molecule has 1 aromatic rings. The molecule has 5 nitrogen and oxygen atoms in total. The summed E-state index contributed by atoms with van der Waals surface area (Å²) >= 11 is 4.67. The number of hydrogen-bond acceptors (Lipinski definition) is 4. The van der Waals surface area contributed by atoms with Crippen LogP contribution in [0.4, 0.5) is 0 Å². The molecular formula is C16H18BrNO4S. The van der Waals surface area contributed by atoms with E-state index in [0.717, 1.165) is 5.56 Å². The summed E-state index contributed by atoms with van der Waals surface area (Å²) in [4.78, 5) is 26.3. The number of ether oxygens (including phenoxy) is 1. The monoisotopic (exact) mass is 399 g/mol. The van der Waals surface area contributed by atoms with E-state index in [1.807, 2.05) is 44.2 Å². The van der Waals surface area contributed by atoms with Crippen molar-refractivity contribution in [1.29, 1.82) is 0 Å². The molecule has 2 aliphatic rings. The first-order chi connectivity index (χ1) is 10.8. The van der Waals surface area contributed by atoms with Gasteiger partial charge in [-0.2, -0.15) is 0 Å². The second-order valence-electron chi connectivity index (χ2n) is 6.25. The Kier molecular flexibility index (Phi) is 4.23. The van der Waals surface area contributed by atoms with Gasteiger partial charge in [0, 0.05) is 11.2 Å². The number of nitrogens with zero attached hydrogens (tertiary/aromatic N) is 1. The Labute approximate surface area is 147 Å². The van der Waals surface area contributed by atoms with Crippen molar-refractivity contribution < 1.29 is 19.4 Å². The molecule has 0 bridgehead atoms. The van der Waals surface area contributed by atoms with Gasteiger partial charge in [0.1, 0.15) is 10.9 Å². The first-order valence-corrected chi connectivity index (χ1v) is 9.31. The zero-order valence-electron chi connectivity index (χ0n) is 12.9. The Bertz CT molecular complexity index is 638. The second-order valence-corrected chi connectivity index (χ2v) is 8.45. The van der Waals surface area contributed by atoms with Crippen LogP contribution in [0, 0.1) is 0 Å². The minimum atomic E-state index is -1.27. The van der Waals surface area contributed by atoms with Gasteiger partial charge in [0.15, 0.2) is 11.6 Å². The molecule has 2 aliphatic heterocycles. The highest BCUT2D eigenvalue weighted by Gasteiger charge is 2.72. The van der Waals surface area contributed by atoms with Crippen LogP contribution in [-0.2, 0) is 20.7 Å². The van der Waals surface area contributed by atoms with Crippen LogP contribution in [0.2, 0.25) is 0 Å². The molecule has 0 saturated carbocycles. The summed E-state index contributed by atoms with van der Waals surface area (Å²) in [5.41, 5.74) is -0.109. The third kappa shape index (κ3) is 2.32. The van der Waals surface area contributed by atoms with E-state index in [1.165, 1.54) is 16.7 Å². The van der Waals surface area contributed by atoms with Gasteiger partial charge in [0.05, 0.1) is 0 Å². The zero-order chi connectivity index (χ0) is 16.8. The Morgan fingerprint density at radius 3 is 2.61 bits per heavy atom. The molecule has 1 N–H and O–H groups in total. The fourth-order valence-corrected chi connectivity index (χ4v) is 5.54. The van der Waals surface area contributed by atoms with E-state index in [9.17, 15) is 14.7 Å². The fraction of sp³-hybridized carbons (Fsp3) is 0.500. The minimum absolute atomic E-state index is 0.245. The molecule has 1 amide bonds. The van der Waals surface area contributed by atoms with Gasteiger partial charge in [0.25, 0.3) is 5.91 Å². The smallest absolute Gasteiger partial charge is 0.331 e. The molecule has 124 valence electrons. The number of amides is 1. The number of hydrogen-bond donors (Lipinski definition) is 1. The van der Waals surface area contributed by atoms with Crippen LogP contribution in [0.5, 0.6) is 0 Å². The summed E-state index contributed by atoms with van der Waals surface area (Å²) in [5.74, 6) is -1.21. The van der Waals surface area contributed by atoms with Crippen molar-refractivity contribution in [2.24, 2.45) is 0 Å². The van der Waals surface area contributed by atoms with Crippen molar-refractivity contribution >= 4 is 39.6 Å². The Morgan fingerprint density at radius 1 is 1.39 bits per heavy atom. The number of rotatable bonds is 5. The van der Waals surface area contributed by atoms with Gasteiger partial charge in [-0.3, -0.25) is 4.79 Å². The van der Waals surface area contributed by atoms with Gasteiger partial charge in [-0.05, 0) is 19.4 Å². The SMILES string of the molecule is CC1(C)S[C@@H]2[C@H](OCBr)C(=O)N2[C@@]1(Cc1ccccc1)C(=O)O. The van der Waals surface area contributed by atoms with E-state index < -0.39 is 22.4 Å². The fourth-order valence-electron chi connectivity index (χ4n) is 3.49. The Morgan fingerprint density at radius 2 is 2.04 bits per heavy atom. The van der Waals surface area contributed by atoms with Crippen LogP contribution in [-0.4, -0.2) is 49.2 Å². The summed E-state index contributed by atoms with van der Waals surface area (Å²) in [5, 5.41) is 9.80. The lowest BCUT2D eigenvalue weighted by atomic mass is 9.76.